The molecular formula is C101H77F2N33O2S. The van der Waals surface area contributed by atoms with Crippen molar-refractivity contribution in [3.8, 4) is 84.7 Å². The van der Waals surface area contributed by atoms with E-state index in [0.717, 1.165) is 92.9 Å². The van der Waals surface area contributed by atoms with Crippen LogP contribution in [0.1, 0.15) is 36.1 Å². The van der Waals surface area contributed by atoms with Gasteiger partial charge in [-0.15, -0.1) is 0 Å². The second-order valence-electron chi connectivity index (χ2n) is 32.4. The second kappa shape index (κ2) is 36.8. The number of halogens is 2. The molecule has 0 spiro atoms. The molecule has 0 aliphatic heterocycles. The number of benzene rings is 8. The summed E-state index contributed by atoms with van der Waals surface area (Å²) in [7, 11) is 0. The fourth-order valence-corrected chi connectivity index (χ4v) is 17.4. The van der Waals surface area contributed by atoms with Crippen LogP contribution in [-0.4, -0.2) is 135 Å². The van der Waals surface area contributed by atoms with E-state index in [1.54, 1.807) is 82.8 Å². The monoisotopic (exact) mass is 1850 g/mol. The number of nitrogen functional groups attached to an aromatic ring is 7. The van der Waals surface area contributed by atoms with Crippen LogP contribution in [0.3, 0.4) is 0 Å². The third-order valence-electron chi connectivity index (χ3n) is 23.0. The number of anilines is 7. The van der Waals surface area contributed by atoms with Crippen LogP contribution in [0.2, 0.25) is 0 Å². The van der Waals surface area contributed by atoms with Crippen LogP contribution in [0, 0.1) is 11.6 Å². The molecule has 16 heterocycles. The minimum Gasteiger partial charge on any atom is -0.475 e. The molecule has 0 atom stereocenters. The second-order valence-corrected chi connectivity index (χ2v) is 33.5. The van der Waals surface area contributed by atoms with E-state index < -0.39 is 0 Å². The Morgan fingerprint density at radius 2 is 0.698 bits per heavy atom. The standard InChI is InChI=1S/C26H18FN7O.C25H18FN9.C25H19N9.C25H22N8OS/c27-19-7-3-2-6-18(19)23-17(11-15-5-1-4-8-20(15)32-23)13-34-26-22(25(28)30-14-31-26)24(33-34)16-9-10-21(35)29-12-16;26-18-7-3-2-6-17(18)21-15(9-14-5-1-4-8-19(14)33-21)12-35-24-20(23(27)31-13-32-24)22(34-35)16-10-29-25(28)30-11-16;26-23-20-22(18-11-28-25(27)29-12-18)33-34(24(20)31-14-30-23)13-17-10-16-8-4-5-9-19(16)32-21(17)15-6-2-1-3-7-15;1-13(2)34-24-16(9-14-5-3-4-6-17(14)30-24)11-33-23-20(22(26)28-12-29-23)21(32-33)15-7-8-18-19(10-15)35-25(27)31-18/h1-12,14H,13H2,(H,29,35)(H2,28,30,31);1-11,13H,12H2,(H2,27,31,32)(H2,28,29,30);1-12,14H,13H2,(H2,26,30,31)(H2,27,28,29);3-10,12-13H,11H2,1-2H3,(H2,27,31)(H2,26,28,29). The van der Waals surface area contributed by atoms with Gasteiger partial charge in [-0.3, -0.25) is 4.79 Å². The Hall–Kier alpha value is -19.1. The third kappa shape index (κ3) is 17.4. The first-order chi connectivity index (χ1) is 67.8. The summed E-state index contributed by atoms with van der Waals surface area (Å²) in [6.45, 7) is 5.34. The highest BCUT2D eigenvalue weighted by Gasteiger charge is 2.27. The molecule has 24 rings (SSSR count). The molecule has 139 heavy (non-hydrogen) atoms. The molecule has 0 amide bonds. The number of aromatic nitrogens is 26. The normalized spacial score (nSPS) is 11.4. The van der Waals surface area contributed by atoms with E-state index in [2.05, 4.69) is 100 Å². The van der Waals surface area contributed by atoms with Gasteiger partial charge in [-0.05, 0) is 105 Å². The number of hydrogen-bond acceptors (Lipinski definition) is 31. The van der Waals surface area contributed by atoms with Crippen LogP contribution >= 0.6 is 11.3 Å². The lowest BCUT2D eigenvalue weighted by atomic mass is 10.0. The van der Waals surface area contributed by atoms with Crippen molar-refractivity contribution in [3.63, 3.8) is 0 Å². The van der Waals surface area contributed by atoms with Gasteiger partial charge < -0.3 is 49.9 Å². The molecule has 24 aromatic rings. The summed E-state index contributed by atoms with van der Waals surface area (Å²) in [6, 6.07) is 71.9. The maximum absolute atomic E-state index is 14.8. The van der Waals surface area contributed by atoms with Crippen molar-refractivity contribution < 1.29 is 13.5 Å². The average Bonchev–Trinajstić information content (AvgIpc) is 1.73. The number of fused-ring (bicyclic) bond motifs is 9. The molecule has 0 saturated carbocycles. The molecule has 0 unspecified atom stereocenters. The van der Waals surface area contributed by atoms with Gasteiger partial charge in [0.15, 0.2) is 27.7 Å². The average molecular weight is 1860 g/mol. The summed E-state index contributed by atoms with van der Waals surface area (Å²) in [4.78, 5) is 88.8. The summed E-state index contributed by atoms with van der Waals surface area (Å²) in [5, 5.41) is 26.3. The van der Waals surface area contributed by atoms with Gasteiger partial charge in [0.05, 0.1) is 103 Å². The lowest BCUT2D eigenvalue weighted by Crippen LogP contribution is -2.12. The molecule has 678 valence electrons. The van der Waals surface area contributed by atoms with E-state index in [1.807, 2.05) is 163 Å². The molecule has 15 N–H and O–H groups in total. The predicted octanol–water partition coefficient (Wildman–Crippen LogP) is 16.4. The van der Waals surface area contributed by atoms with Gasteiger partial charge in [-0.2, -0.15) is 20.4 Å². The van der Waals surface area contributed by atoms with E-state index in [0.29, 0.717) is 142 Å². The zero-order valence-corrected chi connectivity index (χ0v) is 74.6. The van der Waals surface area contributed by atoms with Crippen LogP contribution in [0.5, 0.6) is 5.88 Å². The quantitative estimate of drug-likeness (QED) is 0.0420. The first kappa shape index (κ1) is 86.6. The number of H-pyrrole nitrogens is 1. The minimum atomic E-state index is -0.359. The number of nitrogens with zero attached hydrogens (tertiary/aromatic N) is 25. The fourth-order valence-electron chi connectivity index (χ4n) is 16.6. The topological polar surface area (TPSA) is 515 Å². The number of rotatable bonds is 17. The predicted molar refractivity (Wildman–Crippen MR) is 534 cm³/mol. The summed E-state index contributed by atoms with van der Waals surface area (Å²) >= 11 is 1.43. The zero-order valence-electron chi connectivity index (χ0n) is 73.7. The highest BCUT2D eigenvalue weighted by atomic mass is 32.1. The number of nitrogens with one attached hydrogen (secondary N) is 1. The summed E-state index contributed by atoms with van der Waals surface area (Å²) in [5.74, 6) is 1.46. The largest absolute Gasteiger partial charge is 0.475 e. The molecule has 0 saturated heterocycles. The molecule has 8 aromatic carbocycles. The van der Waals surface area contributed by atoms with Gasteiger partial charge >= 0.3 is 0 Å². The molecule has 38 heteroatoms. The minimum absolute atomic E-state index is 0.0242. The van der Waals surface area contributed by atoms with Crippen molar-refractivity contribution in [2.75, 3.05) is 40.1 Å². The zero-order chi connectivity index (χ0) is 95.1. The Morgan fingerprint density at radius 3 is 1.12 bits per heavy atom. The Labute approximate surface area is 789 Å². The van der Waals surface area contributed by atoms with Crippen LogP contribution < -0.4 is 50.4 Å². The number of ether oxygens (including phenoxy) is 1. The molecule has 0 aliphatic carbocycles. The van der Waals surface area contributed by atoms with Crippen molar-refractivity contribution in [1.29, 1.82) is 0 Å². The van der Waals surface area contributed by atoms with Crippen molar-refractivity contribution in [2.45, 2.75) is 46.1 Å². The summed E-state index contributed by atoms with van der Waals surface area (Å²) < 4.78 is 43.8. The van der Waals surface area contributed by atoms with Crippen molar-refractivity contribution >= 4 is 150 Å². The summed E-state index contributed by atoms with van der Waals surface area (Å²) in [5.41, 5.74) is 60.9. The lowest BCUT2D eigenvalue weighted by molar-refractivity contribution is 0.230. The summed E-state index contributed by atoms with van der Waals surface area (Å²) in [6.07, 6.45) is 13.6. The molecule has 0 aliphatic rings. The van der Waals surface area contributed by atoms with Gasteiger partial charge in [-0.25, -0.2) is 112 Å². The SMILES string of the molecule is CC(C)Oc1nc2ccccc2cc1Cn1nc(-c2ccc3nc(N)sc3c2)c2c(N)ncnc21.Nc1ncc(-c2nn(Cc3cc4ccccc4nc3-c3ccccc3)c3ncnc(N)c23)cn1.Nc1ncc(-c2nn(Cc3cc4ccccc4nc3-c3ccccc3F)c3ncnc(N)c23)cn1.Nc1ncnc2c1c(-c1ccc(=O)[nH]c1)nn2Cc1cc2ccccc2nc1-c1ccccc1F. The number of pyridine rings is 5. The van der Waals surface area contributed by atoms with Crippen molar-refractivity contribution in [2.24, 2.45) is 0 Å². The van der Waals surface area contributed by atoms with Crippen molar-refractivity contribution in [1.82, 2.24) is 129 Å². The number of para-hydroxylation sites is 4. The fraction of sp³-hybridized carbons (Fsp3) is 0.0693. The molecule has 35 nitrogen and oxygen atoms in total. The van der Waals surface area contributed by atoms with E-state index in [-0.39, 0.29) is 59.9 Å². The number of thiazole rings is 1. The Bertz CT molecular complexity index is 8900. The number of nitrogens with two attached hydrogens (primary N) is 7. The highest BCUT2D eigenvalue weighted by Crippen LogP contribution is 2.41. The van der Waals surface area contributed by atoms with Crippen LogP contribution in [0.4, 0.5) is 49.1 Å². The first-order valence-corrected chi connectivity index (χ1v) is 44.3. The van der Waals surface area contributed by atoms with Gasteiger partial charge in [0.2, 0.25) is 23.3 Å². The molecule has 0 radical (unpaired) electrons. The molecular weight excluding hydrogens is 1780 g/mol. The van der Waals surface area contributed by atoms with Gasteiger partial charge in [-0.1, -0.05) is 145 Å². The Balaban J connectivity index is 0.000000110. The maximum Gasteiger partial charge on any atom is 0.247 e. The van der Waals surface area contributed by atoms with E-state index >= 15 is 0 Å². The smallest absolute Gasteiger partial charge is 0.247 e. The van der Waals surface area contributed by atoms with Crippen LogP contribution in [0.25, 0.3) is 177 Å². The number of hydrogen-bond donors (Lipinski definition) is 8. The van der Waals surface area contributed by atoms with E-state index in [9.17, 15) is 13.6 Å². The molecule has 0 fully saturated rings. The Morgan fingerprint density at radius 1 is 0.338 bits per heavy atom. The molecule has 16 aromatic heterocycles. The Kier molecular flexibility index (Phi) is 22.9. The highest BCUT2D eigenvalue weighted by molar-refractivity contribution is 7.22. The first-order valence-electron chi connectivity index (χ1n) is 43.5. The van der Waals surface area contributed by atoms with E-state index in [4.69, 9.17) is 85.2 Å². The van der Waals surface area contributed by atoms with Crippen LogP contribution in [0.15, 0.2) is 292 Å². The van der Waals surface area contributed by atoms with Gasteiger partial charge in [0.1, 0.15) is 83.0 Å². The van der Waals surface area contributed by atoms with Gasteiger partial charge in [0, 0.05) is 120 Å². The van der Waals surface area contributed by atoms with Gasteiger partial charge in [0.25, 0.3) is 0 Å². The maximum atomic E-state index is 14.8. The third-order valence-corrected chi connectivity index (χ3v) is 23.8. The lowest BCUT2D eigenvalue weighted by Gasteiger charge is -2.14. The number of aromatic amines is 1. The van der Waals surface area contributed by atoms with Crippen molar-refractivity contribution in [3.05, 3.63) is 331 Å². The van der Waals surface area contributed by atoms with E-state index in [1.165, 1.54) is 54.8 Å². The van der Waals surface area contributed by atoms with Crippen LogP contribution in [-0.2, 0) is 26.2 Å². The molecule has 0 bridgehead atoms.